The van der Waals surface area contributed by atoms with E-state index in [0.29, 0.717) is 25.1 Å². The lowest BCUT2D eigenvalue weighted by atomic mass is 9.95. The van der Waals surface area contributed by atoms with Crippen molar-refractivity contribution in [2.75, 3.05) is 6.54 Å². The molecule has 4 nitrogen and oxygen atoms in total. The van der Waals surface area contributed by atoms with Crippen LogP contribution < -0.4 is 5.32 Å². The molecule has 1 aliphatic carbocycles. The highest BCUT2D eigenvalue weighted by atomic mass is 32.1. The summed E-state index contributed by atoms with van der Waals surface area (Å²) in [6.45, 7) is 0.863. The van der Waals surface area contributed by atoms with Crippen molar-refractivity contribution in [2.24, 2.45) is 0 Å². The molecule has 1 unspecified atom stereocenters. The number of hydrogen-bond acceptors (Lipinski definition) is 2. The maximum absolute atomic E-state index is 14.4. The van der Waals surface area contributed by atoms with Gasteiger partial charge in [0.25, 0.3) is 0 Å². The molecule has 3 heterocycles. The topological polar surface area (TPSA) is 37.3 Å². The van der Waals surface area contributed by atoms with Gasteiger partial charge in [-0.15, -0.1) is 11.3 Å². The molecule has 7 heteroatoms. The molecule has 2 aromatic carbocycles. The highest BCUT2D eigenvalue weighted by Gasteiger charge is 2.36. The van der Waals surface area contributed by atoms with Crippen molar-refractivity contribution in [3.8, 4) is 5.00 Å². The summed E-state index contributed by atoms with van der Waals surface area (Å²) in [4.78, 5) is 16.9. The lowest BCUT2D eigenvalue weighted by molar-refractivity contribution is 0.180. The smallest absolute Gasteiger partial charge is 0.318 e. The van der Waals surface area contributed by atoms with Crippen LogP contribution in [0.15, 0.2) is 66.9 Å². The van der Waals surface area contributed by atoms with E-state index >= 15 is 0 Å². The lowest BCUT2D eigenvalue weighted by Gasteiger charge is -2.31. The minimum atomic E-state index is -0.649. The fraction of sp³-hybridized carbons (Fsp3) is 0.276. The van der Waals surface area contributed by atoms with Crippen molar-refractivity contribution < 1.29 is 13.6 Å². The van der Waals surface area contributed by atoms with E-state index in [9.17, 15) is 13.6 Å². The summed E-state index contributed by atoms with van der Waals surface area (Å²) >= 11 is 1.79. The summed E-state index contributed by atoms with van der Waals surface area (Å²) in [5.74, 6) is -1.30. The second-order valence-electron chi connectivity index (χ2n) is 9.50. The van der Waals surface area contributed by atoms with Crippen LogP contribution >= 0.6 is 11.3 Å². The Morgan fingerprint density at radius 2 is 1.75 bits per heavy atom. The SMILES string of the molecule is O=C(NCCc1ccccc1)N1Cc2c(sc3c2CCCC3)-n2cccc2C1c1cc(F)cc(F)c1. The highest BCUT2D eigenvalue weighted by Crippen LogP contribution is 2.44. The molecule has 1 atom stereocenters. The van der Waals surface area contributed by atoms with Crippen LogP contribution in [0.1, 0.15) is 51.7 Å². The third kappa shape index (κ3) is 4.22. The number of aromatic nitrogens is 1. The standard InChI is InChI=1S/C29H27F2N3OS/c30-21-15-20(16-22(31)17-21)27-25-10-6-14-33(25)28-24(23-9-4-5-11-26(23)36-28)18-34(27)29(35)32-13-12-19-7-2-1-3-8-19/h1-3,6-8,10,14-17,27H,4-5,9,11-13,18H2,(H,32,35). The van der Waals surface area contributed by atoms with Crippen LogP contribution in [0.5, 0.6) is 0 Å². The van der Waals surface area contributed by atoms with Crippen molar-refractivity contribution in [3.63, 3.8) is 0 Å². The van der Waals surface area contributed by atoms with E-state index in [2.05, 4.69) is 9.88 Å². The van der Waals surface area contributed by atoms with E-state index in [1.165, 1.54) is 29.0 Å². The van der Waals surface area contributed by atoms with Crippen molar-refractivity contribution in [2.45, 2.75) is 44.7 Å². The van der Waals surface area contributed by atoms with E-state index in [1.807, 2.05) is 48.7 Å². The van der Waals surface area contributed by atoms with Crippen molar-refractivity contribution in [1.82, 2.24) is 14.8 Å². The molecule has 4 aromatic rings. The Morgan fingerprint density at radius 3 is 2.56 bits per heavy atom. The number of nitrogens with one attached hydrogen (secondary N) is 1. The molecule has 0 saturated carbocycles. The van der Waals surface area contributed by atoms with Crippen LogP contribution in [0.3, 0.4) is 0 Å². The molecule has 0 spiro atoms. The number of carbonyl (C=O) groups excluding carboxylic acids is 1. The van der Waals surface area contributed by atoms with Crippen LogP contribution in [-0.2, 0) is 25.8 Å². The first kappa shape index (κ1) is 23.0. The van der Waals surface area contributed by atoms with Crippen molar-refractivity contribution >= 4 is 17.4 Å². The monoisotopic (exact) mass is 503 g/mol. The zero-order chi connectivity index (χ0) is 24.6. The second-order valence-corrected chi connectivity index (χ2v) is 10.6. The zero-order valence-corrected chi connectivity index (χ0v) is 20.7. The highest BCUT2D eigenvalue weighted by molar-refractivity contribution is 7.15. The predicted molar refractivity (Wildman–Crippen MR) is 138 cm³/mol. The quantitative estimate of drug-likeness (QED) is 0.337. The Morgan fingerprint density at radius 1 is 0.972 bits per heavy atom. The largest absolute Gasteiger partial charge is 0.338 e. The van der Waals surface area contributed by atoms with Gasteiger partial charge in [-0.05, 0) is 73.1 Å². The summed E-state index contributed by atoms with van der Waals surface area (Å²) in [6.07, 6.45) is 7.08. The van der Waals surface area contributed by atoms with E-state index in [4.69, 9.17) is 0 Å². The summed E-state index contributed by atoms with van der Waals surface area (Å²) < 4.78 is 30.9. The number of benzene rings is 2. The van der Waals surface area contributed by atoms with Gasteiger partial charge in [-0.3, -0.25) is 0 Å². The minimum absolute atomic E-state index is 0.239. The first-order valence-electron chi connectivity index (χ1n) is 12.4. The molecule has 2 amide bonds. The van der Waals surface area contributed by atoms with E-state index in [0.717, 1.165) is 47.2 Å². The molecule has 6 rings (SSSR count). The number of aryl methyl sites for hydroxylation is 1. The Labute approximate surface area is 213 Å². The second kappa shape index (κ2) is 9.54. The number of thiophene rings is 1. The van der Waals surface area contributed by atoms with Gasteiger partial charge in [-0.2, -0.15) is 0 Å². The number of urea groups is 1. The Hall–Kier alpha value is -3.45. The Bertz CT molecular complexity index is 1390. The first-order chi connectivity index (χ1) is 17.6. The maximum Gasteiger partial charge on any atom is 0.318 e. The van der Waals surface area contributed by atoms with Crippen LogP contribution in [0.2, 0.25) is 0 Å². The number of halogens is 2. The first-order valence-corrected chi connectivity index (χ1v) is 13.3. The van der Waals surface area contributed by atoms with E-state index in [-0.39, 0.29) is 6.03 Å². The molecular formula is C29H27F2N3OS. The third-order valence-electron chi connectivity index (χ3n) is 7.17. The minimum Gasteiger partial charge on any atom is -0.338 e. The molecule has 0 saturated heterocycles. The van der Waals surface area contributed by atoms with E-state index in [1.54, 1.807) is 16.2 Å². The maximum atomic E-state index is 14.4. The molecule has 36 heavy (non-hydrogen) atoms. The average Bonchev–Trinajstić information content (AvgIpc) is 3.46. The van der Waals surface area contributed by atoms with Gasteiger partial charge >= 0.3 is 6.03 Å². The van der Waals surface area contributed by atoms with Crippen LogP contribution in [-0.4, -0.2) is 22.0 Å². The van der Waals surface area contributed by atoms with Gasteiger partial charge in [0.2, 0.25) is 0 Å². The fourth-order valence-electron chi connectivity index (χ4n) is 5.53. The number of nitrogens with zero attached hydrogens (tertiary/aromatic N) is 2. The number of fused-ring (bicyclic) bond motifs is 5. The van der Waals surface area contributed by atoms with Crippen LogP contribution in [0.25, 0.3) is 5.00 Å². The number of amides is 2. The molecule has 2 aliphatic rings. The van der Waals surface area contributed by atoms with Gasteiger partial charge in [-0.25, -0.2) is 13.6 Å². The molecule has 184 valence electrons. The van der Waals surface area contributed by atoms with Crippen LogP contribution in [0.4, 0.5) is 13.6 Å². The average molecular weight is 504 g/mol. The van der Waals surface area contributed by atoms with Gasteiger partial charge in [0.1, 0.15) is 22.7 Å². The molecule has 0 bridgehead atoms. The van der Waals surface area contributed by atoms with Gasteiger partial charge in [-0.1, -0.05) is 30.3 Å². The number of hydrogen-bond donors (Lipinski definition) is 1. The molecule has 2 aromatic heterocycles. The fourth-order valence-corrected chi connectivity index (χ4v) is 6.93. The van der Waals surface area contributed by atoms with Crippen molar-refractivity contribution in [1.29, 1.82) is 0 Å². The normalized spacial score (nSPS) is 16.6. The molecule has 1 N–H and O–H groups in total. The van der Waals surface area contributed by atoms with Gasteiger partial charge in [0.15, 0.2) is 0 Å². The van der Waals surface area contributed by atoms with E-state index < -0.39 is 17.7 Å². The molecule has 0 radical (unpaired) electrons. The number of carbonyl (C=O) groups is 1. The van der Waals surface area contributed by atoms with Crippen LogP contribution in [0, 0.1) is 11.6 Å². The lowest BCUT2D eigenvalue weighted by Crippen LogP contribution is -2.42. The Kier molecular flexibility index (Phi) is 6.09. The summed E-state index contributed by atoms with van der Waals surface area (Å²) in [5, 5.41) is 4.19. The predicted octanol–water partition coefficient (Wildman–Crippen LogP) is 6.55. The molecule has 0 fully saturated rings. The third-order valence-corrected chi connectivity index (χ3v) is 8.51. The van der Waals surface area contributed by atoms with Gasteiger partial charge in [0, 0.05) is 29.2 Å². The van der Waals surface area contributed by atoms with Gasteiger partial charge in [0.05, 0.1) is 12.2 Å². The van der Waals surface area contributed by atoms with Gasteiger partial charge < -0.3 is 14.8 Å². The summed E-state index contributed by atoms with van der Waals surface area (Å²) in [6, 6.07) is 16.6. The van der Waals surface area contributed by atoms with Crippen molar-refractivity contribution in [3.05, 3.63) is 111 Å². The zero-order valence-electron chi connectivity index (χ0n) is 19.8. The summed E-state index contributed by atoms with van der Waals surface area (Å²) in [5.41, 5.74) is 4.89. The summed E-state index contributed by atoms with van der Waals surface area (Å²) in [7, 11) is 0. The molecular weight excluding hydrogens is 476 g/mol. The molecule has 1 aliphatic heterocycles. The number of rotatable bonds is 4. The Balaban J connectivity index is 1.41.